The molecule has 3 rings (SSSR count). The number of rotatable bonds is 5. The van der Waals surface area contributed by atoms with Gasteiger partial charge in [0.2, 0.25) is 0 Å². The zero-order valence-electron chi connectivity index (χ0n) is 14.5. The molecule has 1 atom stereocenters. The van der Waals surface area contributed by atoms with Crippen molar-refractivity contribution in [3.05, 3.63) is 42.0 Å². The molecule has 0 saturated carbocycles. The van der Waals surface area contributed by atoms with Gasteiger partial charge in [0.25, 0.3) is 0 Å². The molecule has 6 nitrogen and oxygen atoms in total. The van der Waals surface area contributed by atoms with Gasteiger partial charge in [-0.25, -0.2) is 9.18 Å². The first-order valence-corrected chi connectivity index (χ1v) is 8.51. The van der Waals surface area contributed by atoms with Crippen LogP contribution >= 0.6 is 0 Å². The number of hydrogen-bond donors (Lipinski definition) is 1. The molecule has 1 saturated heterocycles. The second-order valence-corrected chi connectivity index (χ2v) is 6.33. The number of aromatic nitrogens is 2. The van der Waals surface area contributed by atoms with Crippen LogP contribution in [0.15, 0.2) is 30.6 Å². The molecule has 1 N–H and O–H groups in total. The summed E-state index contributed by atoms with van der Waals surface area (Å²) in [5.74, 6) is 0.385. The van der Waals surface area contributed by atoms with Crippen molar-refractivity contribution < 1.29 is 13.9 Å². The minimum absolute atomic E-state index is 0.179. The van der Waals surface area contributed by atoms with Gasteiger partial charge in [0.1, 0.15) is 11.6 Å². The third-order valence-corrected chi connectivity index (χ3v) is 4.34. The SMILES string of the molecule is CCOc1cc(F)ccc1NC(=O)N1CC[C@H](Cc2cnn(C)c2)C1. The Bertz CT molecular complexity index is 746. The number of nitrogens with zero attached hydrogens (tertiary/aromatic N) is 3. The van der Waals surface area contributed by atoms with Gasteiger partial charge in [-0.15, -0.1) is 0 Å². The van der Waals surface area contributed by atoms with E-state index >= 15 is 0 Å². The number of ether oxygens (including phenoxy) is 1. The molecule has 0 radical (unpaired) electrons. The summed E-state index contributed by atoms with van der Waals surface area (Å²) in [6.45, 7) is 3.64. The first kappa shape index (κ1) is 17.3. The Morgan fingerprint density at radius 2 is 2.32 bits per heavy atom. The lowest BCUT2D eigenvalue weighted by atomic mass is 10.0. The molecule has 0 spiro atoms. The number of halogens is 1. The Kier molecular flexibility index (Phi) is 5.21. The highest BCUT2D eigenvalue weighted by atomic mass is 19.1. The van der Waals surface area contributed by atoms with E-state index in [1.165, 1.54) is 23.8 Å². The van der Waals surface area contributed by atoms with Crippen molar-refractivity contribution in [2.24, 2.45) is 13.0 Å². The number of carbonyl (C=O) groups is 1. The van der Waals surface area contributed by atoms with Crippen LogP contribution in [0.1, 0.15) is 18.9 Å². The lowest BCUT2D eigenvalue weighted by molar-refractivity contribution is 0.220. The molecule has 2 aromatic rings. The van der Waals surface area contributed by atoms with E-state index in [4.69, 9.17) is 4.74 Å². The summed E-state index contributed by atoms with van der Waals surface area (Å²) in [7, 11) is 1.90. The van der Waals surface area contributed by atoms with Crippen molar-refractivity contribution in [1.29, 1.82) is 0 Å². The maximum absolute atomic E-state index is 13.4. The lowest BCUT2D eigenvalue weighted by Gasteiger charge is -2.19. The maximum Gasteiger partial charge on any atom is 0.321 e. The molecule has 2 heterocycles. The topological polar surface area (TPSA) is 59.4 Å². The van der Waals surface area contributed by atoms with E-state index in [1.807, 2.05) is 26.4 Å². The highest BCUT2D eigenvalue weighted by Crippen LogP contribution is 2.27. The summed E-state index contributed by atoms with van der Waals surface area (Å²) >= 11 is 0. The molecule has 1 fully saturated rings. The molecule has 0 aliphatic carbocycles. The Balaban J connectivity index is 1.59. The van der Waals surface area contributed by atoms with Crippen LogP contribution < -0.4 is 10.1 Å². The van der Waals surface area contributed by atoms with Crippen LogP contribution in [0.2, 0.25) is 0 Å². The van der Waals surface area contributed by atoms with Gasteiger partial charge in [0, 0.05) is 32.4 Å². The first-order chi connectivity index (χ1) is 12.0. The van der Waals surface area contributed by atoms with E-state index < -0.39 is 0 Å². The minimum Gasteiger partial charge on any atom is -0.492 e. The molecule has 2 amide bonds. The molecule has 1 aliphatic rings. The molecule has 0 bridgehead atoms. The molecule has 25 heavy (non-hydrogen) atoms. The minimum atomic E-state index is -0.390. The molecule has 7 heteroatoms. The van der Waals surface area contributed by atoms with Crippen LogP contribution in [-0.2, 0) is 13.5 Å². The van der Waals surface area contributed by atoms with Gasteiger partial charge >= 0.3 is 6.03 Å². The number of aryl methyl sites for hydroxylation is 1. The van der Waals surface area contributed by atoms with E-state index in [0.717, 1.165) is 12.8 Å². The van der Waals surface area contributed by atoms with Crippen molar-refractivity contribution in [2.75, 3.05) is 25.0 Å². The predicted molar refractivity (Wildman–Crippen MR) is 93.2 cm³/mol. The van der Waals surface area contributed by atoms with E-state index in [1.54, 1.807) is 9.58 Å². The fraction of sp³-hybridized carbons (Fsp3) is 0.444. The van der Waals surface area contributed by atoms with Crippen LogP contribution in [0.4, 0.5) is 14.9 Å². The van der Waals surface area contributed by atoms with Crippen LogP contribution in [-0.4, -0.2) is 40.4 Å². The summed E-state index contributed by atoms with van der Waals surface area (Å²) in [5, 5.41) is 7.01. The van der Waals surface area contributed by atoms with Crippen LogP contribution in [0.5, 0.6) is 5.75 Å². The van der Waals surface area contributed by atoms with Gasteiger partial charge in [-0.3, -0.25) is 4.68 Å². The average molecular weight is 346 g/mol. The third-order valence-electron chi connectivity index (χ3n) is 4.34. The van der Waals surface area contributed by atoms with Crippen molar-refractivity contribution in [1.82, 2.24) is 14.7 Å². The monoisotopic (exact) mass is 346 g/mol. The summed E-state index contributed by atoms with van der Waals surface area (Å²) in [4.78, 5) is 14.3. The molecule has 134 valence electrons. The van der Waals surface area contributed by atoms with Gasteiger partial charge < -0.3 is 15.0 Å². The zero-order chi connectivity index (χ0) is 17.8. The van der Waals surface area contributed by atoms with E-state index in [2.05, 4.69) is 10.4 Å². The number of nitrogens with one attached hydrogen (secondary N) is 1. The molecular weight excluding hydrogens is 323 g/mol. The quantitative estimate of drug-likeness (QED) is 0.905. The lowest BCUT2D eigenvalue weighted by Crippen LogP contribution is -2.33. The van der Waals surface area contributed by atoms with Crippen LogP contribution in [0, 0.1) is 11.7 Å². The smallest absolute Gasteiger partial charge is 0.321 e. The maximum atomic E-state index is 13.4. The predicted octanol–water partition coefficient (Wildman–Crippen LogP) is 3.05. The standard InChI is InChI=1S/C18H23FN4O2/c1-3-25-17-9-15(19)4-5-16(17)21-18(24)23-7-6-13(12-23)8-14-10-20-22(2)11-14/h4-5,9-11,13H,3,6-8,12H2,1-2H3,(H,21,24)/t13-/m1/s1. The molecular formula is C18H23FN4O2. The third kappa shape index (κ3) is 4.29. The highest BCUT2D eigenvalue weighted by molar-refractivity contribution is 5.91. The fourth-order valence-corrected chi connectivity index (χ4v) is 3.16. The highest BCUT2D eigenvalue weighted by Gasteiger charge is 2.27. The van der Waals surface area contributed by atoms with Crippen molar-refractivity contribution in [3.63, 3.8) is 0 Å². The Labute approximate surface area is 146 Å². The van der Waals surface area contributed by atoms with Crippen molar-refractivity contribution in [2.45, 2.75) is 19.8 Å². The van der Waals surface area contributed by atoms with E-state index in [-0.39, 0.29) is 11.8 Å². The normalized spacial score (nSPS) is 16.9. The molecule has 1 aromatic carbocycles. The number of amides is 2. The van der Waals surface area contributed by atoms with Crippen molar-refractivity contribution >= 4 is 11.7 Å². The van der Waals surface area contributed by atoms with Crippen LogP contribution in [0.25, 0.3) is 0 Å². The number of anilines is 1. The number of hydrogen-bond acceptors (Lipinski definition) is 3. The largest absolute Gasteiger partial charge is 0.492 e. The van der Waals surface area contributed by atoms with Gasteiger partial charge in [-0.1, -0.05) is 0 Å². The van der Waals surface area contributed by atoms with Gasteiger partial charge in [-0.2, -0.15) is 5.10 Å². The molecule has 1 aliphatic heterocycles. The Morgan fingerprint density at radius 3 is 3.04 bits per heavy atom. The van der Waals surface area contributed by atoms with Crippen molar-refractivity contribution in [3.8, 4) is 5.75 Å². The van der Waals surface area contributed by atoms with Crippen LogP contribution in [0.3, 0.4) is 0 Å². The number of urea groups is 1. The Hall–Kier alpha value is -2.57. The molecule has 1 aromatic heterocycles. The van der Waals surface area contributed by atoms with E-state index in [0.29, 0.717) is 37.1 Å². The number of carbonyl (C=O) groups excluding carboxylic acids is 1. The van der Waals surface area contributed by atoms with Gasteiger partial charge in [-0.05, 0) is 43.4 Å². The van der Waals surface area contributed by atoms with E-state index in [9.17, 15) is 9.18 Å². The number of benzene rings is 1. The first-order valence-electron chi connectivity index (χ1n) is 8.51. The summed E-state index contributed by atoms with van der Waals surface area (Å²) < 4.78 is 20.6. The van der Waals surface area contributed by atoms with Gasteiger partial charge in [0.05, 0.1) is 18.5 Å². The summed E-state index contributed by atoms with van der Waals surface area (Å²) in [6.07, 6.45) is 5.76. The zero-order valence-corrected chi connectivity index (χ0v) is 14.5. The number of likely N-dealkylation sites (tertiary alicyclic amines) is 1. The second kappa shape index (κ2) is 7.55. The Morgan fingerprint density at radius 1 is 1.48 bits per heavy atom. The summed E-state index contributed by atoms with van der Waals surface area (Å²) in [6, 6.07) is 3.95. The molecule has 0 unspecified atom stereocenters. The van der Waals surface area contributed by atoms with Gasteiger partial charge in [0.15, 0.2) is 0 Å². The summed E-state index contributed by atoms with van der Waals surface area (Å²) in [5.41, 5.74) is 1.68. The average Bonchev–Trinajstić information content (AvgIpc) is 3.20. The fourth-order valence-electron chi connectivity index (χ4n) is 3.16. The second-order valence-electron chi connectivity index (χ2n) is 6.33.